The molecule has 0 unspecified atom stereocenters. The third kappa shape index (κ3) is 4.35. The van der Waals surface area contributed by atoms with Gasteiger partial charge in [-0.05, 0) is 24.1 Å². The summed E-state index contributed by atoms with van der Waals surface area (Å²) in [4.78, 5) is 22.6. The Balaban J connectivity index is 1.99. The second-order valence-corrected chi connectivity index (χ2v) is 7.04. The van der Waals surface area contributed by atoms with Crippen LogP contribution in [0.25, 0.3) is 10.6 Å². The van der Waals surface area contributed by atoms with Crippen LogP contribution >= 0.6 is 11.3 Å². The summed E-state index contributed by atoms with van der Waals surface area (Å²) in [7, 11) is 1.81. The van der Waals surface area contributed by atoms with Crippen molar-refractivity contribution in [2.45, 2.75) is 20.3 Å². The quantitative estimate of drug-likeness (QED) is 0.886. The Morgan fingerprint density at radius 1 is 1.45 bits per heavy atom. The number of carbonyl (C=O) groups excluding carboxylic acids is 1. The number of hydrogen-bond donors (Lipinski definition) is 1. The molecule has 22 heavy (non-hydrogen) atoms. The molecule has 0 saturated carbocycles. The summed E-state index contributed by atoms with van der Waals surface area (Å²) in [6.45, 7) is 5.30. The van der Waals surface area contributed by atoms with Crippen molar-refractivity contribution >= 4 is 17.2 Å². The summed E-state index contributed by atoms with van der Waals surface area (Å²) in [6, 6.07) is 3.84. The van der Waals surface area contributed by atoms with E-state index < -0.39 is 0 Å². The molecule has 6 heteroatoms. The normalized spacial score (nSPS) is 11.5. The van der Waals surface area contributed by atoms with Gasteiger partial charge in [-0.2, -0.15) is 0 Å². The number of aromatic nitrogens is 2. The van der Waals surface area contributed by atoms with Gasteiger partial charge < -0.3 is 10.6 Å². The minimum Gasteiger partial charge on any atom is -0.345 e. The van der Waals surface area contributed by atoms with Crippen LogP contribution in [0.2, 0.25) is 0 Å². The van der Waals surface area contributed by atoms with E-state index in [0.29, 0.717) is 19.5 Å². The lowest BCUT2D eigenvalue weighted by molar-refractivity contribution is -0.130. The first-order valence-electron chi connectivity index (χ1n) is 7.20. The smallest absolute Gasteiger partial charge is 0.228 e. The van der Waals surface area contributed by atoms with Gasteiger partial charge in [-0.3, -0.25) is 9.78 Å². The van der Waals surface area contributed by atoms with E-state index in [1.807, 2.05) is 24.6 Å². The second-order valence-electron chi connectivity index (χ2n) is 6.18. The number of hydrogen-bond acceptors (Lipinski definition) is 5. The molecular formula is C16H22N4OS. The number of carbonyl (C=O) groups is 1. The van der Waals surface area contributed by atoms with Gasteiger partial charge >= 0.3 is 0 Å². The zero-order valence-electron chi connectivity index (χ0n) is 13.2. The fourth-order valence-corrected chi connectivity index (χ4v) is 2.91. The minimum atomic E-state index is -0.0760. The van der Waals surface area contributed by atoms with E-state index in [1.54, 1.807) is 17.3 Å². The van der Waals surface area contributed by atoms with Crippen molar-refractivity contribution in [3.05, 3.63) is 35.6 Å². The van der Waals surface area contributed by atoms with Gasteiger partial charge in [0, 0.05) is 36.9 Å². The highest BCUT2D eigenvalue weighted by atomic mass is 32.1. The molecule has 0 atom stereocenters. The predicted octanol–water partition coefficient (Wildman–Crippen LogP) is 2.19. The molecule has 2 N–H and O–H groups in total. The SMILES string of the molecule is CN(CC(C)(C)CN)C(=O)Cc1csc(-c2cccnc2)n1. The van der Waals surface area contributed by atoms with E-state index in [4.69, 9.17) is 5.73 Å². The highest BCUT2D eigenvalue weighted by Crippen LogP contribution is 2.23. The lowest BCUT2D eigenvalue weighted by Crippen LogP contribution is -2.40. The van der Waals surface area contributed by atoms with Crippen molar-refractivity contribution in [1.29, 1.82) is 0 Å². The van der Waals surface area contributed by atoms with Gasteiger partial charge in [0.15, 0.2) is 0 Å². The van der Waals surface area contributed by atoms with E-state index >= 15 is 0 Å². The number of thiazole rings is 1. The summed E-state index contributed by atoms with van der Waals surface area (Å²) in [5.74, 6) is 0.0598. The van der Waals surface area contributed by atoms with Gasteiger partial charge in [0.1, 0.15) is 5.01 Å². The molecule has 118 valence electrons. The second kappa shape index (κ2) is 6.98. The molecule has 0 saturated heterocycles. The molecule has 0 aliphatic heterocycles. The van der Waals surface area contributed by atoms with Gasteiger partial charge in [0.2, 0.25) is 5.91 Å². The largest absolute Gasteiger partial charge is 0.345 e. The topological polar surface area (TPSA) is 72.1 Å². The Bertz CT molecular complexity index is 624. The summed E-state index contributed by atoms with van der Waals surface area (Å²) in [6.07, 6.45) is 3.82. The lowest BCUT2D eigenvalue weighted by Gasteiger charge is -2.28. The summed E-state index contributed by atoms with van der Waals surface area (Å²) in [5.41, 5.74) is 7.42. The number of nitrogens with zero attached hydrogens (tertiary/aromatic N) is 3. The molecule has 0 aliphatic rings. The van der Waals surface area contributed by atoms with Crippen LogP contribution in [0.1, 0.15) is 19.5 Å². The maximum Gasteiger partial charge on any atom is 0.228 e. The monoisotopic (exact) mass is 318 g/mol. The van der Waals surface area contributed by atoms with Gasteiger partial charge in [0.05, 0.1) is 12.1 Å². The number of pyridine rings is 1. The van der Waals surface area contributed by atoms with Gasteiger partial charge in [-0.1, -0.05) is 13.8 Å². The van der Waals surface area contributed by atoms with Crippen molar-refractivity contribution in [1.82, 2.24) is 14.9 Å². The molecule has 0 bridgehead atoms. The third-order valence-electron chi connectivity index (χ3n) is 3.44. The van der Waals surface area contributed by atoms with E-state index in [0.717, 1.165) is 16.3 Å². The van der Waals surface area contributed by atoms with E-state index in [9.17, 15) is 4.79 Å². The number of amides is 1. The molecule has 1 amide bonds. The van der Waals surface area contributed by atoms with Crippen molar-refractivity contribution < 1.29 is 4.79 Å². The molecular weight excluding hydrogens is 296 g/mol. The Hall–Kier alpha value is -1.79. The molecule has 0 radical (unpaired) electrons. The average molecular weight is 318 g/mol. The van der Waals surface area contributed by atoms with Crippen molar-refractivity contribution in [2.24, 2.45) is 11.1 Å². The van der Waals surface area contributed by atoms with Gasteiger partial charge in [0.25, 0.3) is 0 Å². The van der Waals surface area contributed by atoms with Crippen LogP contribution in [-0.2, 0) is 11.2 Å². The van der Waals surface area contributed by atoms with Crippen LogP contribution < -0.4 is 5.73 Å². The van der Waals surface area contributed by atoms with Crippen molar-refractivity contribution in [3.63, 3.8) is 0 Å². The molecule has 0 aromatic carbocycles. The van der Waals surface area contributed by atoms with Crippen LogP contribution in [0.3, 0.4) is 0 Å². The molecule has 0 aliphatic carbocycles. The highest BCUT2D eigenvalue weighted by Gasteiger charge is 2.21. The van der Waals surface area contributed by atoms with Crippen LogP contribution in [0.15, 0.2) is 29.9 Å². The fourth-order valence-electron chi connectivity index (χ4n) is 2.09. The highest BCUT2D eigenvalue weighted by molar-refractivity contribution is 7.13. The first kappa shape index (κ1) is 16.6. The Morgan fingerprint density at radius 2 is 2.23 bits per heavy atom. The van der Waals surface area contributed by atoms with Gasteiger partial charge in [-0.25, -0.2) is 4.98 Å². The Labute approximate surface area is 135 Å². The molecule has 2 aromatic heterocycles. The number of likely N-dealkylation sites (N-methyl/N-ethyl adjacent to an activating group) is 1. The molecule has 2 heterocycles. The Kier molecular flexibility index (Phi) is 5.26. The zero-order chi connectivity index (χ0) is 16.2. The summed E-state index contributed by atoms with van der Waals surface area (Å²) in [5, 5.41) is 2.82. The molecule has 0 spiro atoms. The van der Waals surface area contributed by atoms with Crippen molar-refractivity contribution in [3.8, 4) is 10.6 Å². The fraction of sp³-hybridized carbons (Fsp3) is 0.438. The van der Waals surface area contributed by atoms with E-state index in [2.05, 4.69) is 23.8 Å². The molecule has 5 nitrogen and oxygen atoms in total. The minimum absolute atomic E-state index is 0.0598. The maximum absolute atomic E-state index is 12.3. The van der Waals surface area contributed by atoms with Crippen LogP contribution in [0.4, 0.5) is 0 Å². The van der Waals surface area contributed by atoms with Crippen LogP contribution in [-0.4, -0.2) is 40.9 Å². The first-order chi connectivity index (χ1) is 10.4. The van der Waals surface area contributed by atoms with Crippen molar-refractivity contribution in [2.75, 3.05) is 20.1 Å². The van der Waals surface area contributed by atoms with E-state index in [1.165, 1.54) is 11.3 Å². The molecule has 2 rings (SSSR count). The average Bonchev–Trinajstić information content (AvgIpc) is 2.96. The Morgan fingerprint density at radius 3 is 2.86 bits per heavy atom. The summed E-state index contributed by atoms with van der Waals surface area (Å²) < 4.78 is 0. The maximum atomic E-state index is 12.3. The first-order valence-corrected chi connectivity index (χ1v) is 8.08. The van der Waals surface area contributed by atoms with Gasteiger partial charge in [-0.15, -0.1) is 11.3 Å². The van der Waals surface area contributed by atoms with E-state index in [-0.39, 0.29) is 11.3 Å². The summed E-state index contributed by atoms with van der Waals surface area (Å²) >= 11 is 1.53. The predicted molar refractivity (Wildman–Crippen MR) is 89.5 cm³/mol. The van der Waals surface area contributed by atoms with Crippen LogP contribution in [0, 0.1) is 5.41 Å². The number of rotatable bonds is 6. The lowest BCUT2D eigenvalue weighted by atomic mass is 9.93. The third-order valence-corrected chi connectivity index (χ3v) is 4.38. The molecule has 0 fully saturated rings. The zero-order valence-corrected chi connectivity index (χ0v) is 14.1. The molecule has 2 aromatic rings. The number of nitrogens with two attached hydrogens (primary N) is 1. The van der Waals surface area contributed by atoms with Crippen LogP contribution in [0.5, 0.6) is 0 Å². The standard InChI is InChI=1S/C16H22N4OS/c1-16(2,10-17)11-20(3)14(21)7-13-9-22-15(19-13)12-5-4-6-18-8-12/h4-6,8-9H,7,10-11,17H2,1-3H3.